The number of aromatic nitrogens is 1. The van der Waals surface area contributed by atoms with Crippen LogP contribution in [0.3, 0.4) is 0 Å². The molecule has 1 aliphatic rings. The van der Waals surface area contributed by atoms with Crippen molar-refractivity contribution in [1.82, 2.24) is 9.47 Å². The molecule has 108 valence electrons. The van der Waals surface area contributed by atoms with E-state index in [0.29, 0.717) is 18.7 Å². The predicted molar refractivity (Wildman–Crippen MR) is 73.0 cm³/mol. The second kappa shape index (κ2) is 5.40. The molecule has 0 unspecified atom stereocenters. The van der Waals surface area contributed by atoms with Gasteiger partial charge < -0.3 is 19.3 Å². The maximum Gasteiger partial charge on any atom is 0.410 e. The first-order valence-corrected chi connectivity index (χ1v) is 6.40. The normalized spacial score (nSPS) is 14.8. The molecule has 0 spiro atoms. The number of nitrogens with zero attached hydrogens (tertiary/aromatic N) is 2. The number of carbonyl (C=O) groups is 2. The maximum absolute atomic E-state index is 11.6. The third-order valence-corrected chi connectivity index (χ3v) is 3.53. The molecule has 2 heterocycles. The Labute approximate surface area is 117 Å². The number of hydrogen-bond donors (Lipinski definition) is 1. The topological polar surface area (TPSA) is 71.8 Å². The Balaban J connectivity index is 2.04. The van der Waals surface area contributed by atoms with Gasteiger partial charge in [-0.1, -0.05) is 12.7 Å². The summed E-state index contributed by atoms with van der Waals surface area (Å²) in [5.74, 6) is -0.925. The monoisotopic (exact) mass is 278 g/mol. The molecular formula is C14H18N2O4. The minimum atomic E-state index is -0.925. The van der Waals surface area contributed by atoms with Gasteiger partial charge in [0.25, 0.3) is 0 Å². The molecule has 1 fully saturated rings. The number of aryl methyl sites for hydroxylation is 1. The Bertz CT molecular complexity index is 556. The molecule has 20 heavy (non-hydrogen) atoms. The van der Waals surface area contributed by atoms with Gasteiger partial charge in [0.2, 0.25) is 0 Å². The van der Waals surface area contributed by atoms with Crippen LogP contribution in [0.4, 0.5) is 4.79 Å². The molecule has 0 radical (unpaired) electrons. The number of ether oxygens (including phenoxy) is 1. The van der Waals surface area contributed by atoms with Crippen molar-refractivity contribution in [3.8, 4) is 0 Å². The summed E-state index contributed by atoms with van der Waals surface area (Å²) in [4.78, 5) is 24.3. The summed E-state index contributed by atoms with van der Waals surface area (Å²) in [6.07, 6.45) is 1.16. The summed E-state index contributed by atoms with van der Waals surface area (Å²) < 4.78 is 6.92. The number of aromatic carboxylic acids is 1. The van der Waals surface area contributed by atoms with Gasteiger partial charge in [-0.3, -0.25) is 0 Å². The van der Waals surface area contributed by atoms with Gasteiger partial charge in [-0.15, -0.1) is 0 Å². The lowest BCUT2D eigenvalue weighted by molar-refractivity contribution is 0.0619. The molecule has 6 heteroatoms. The molecule has 1 aromatic heterocycles. The summed E-state index contributed by atoms with van der Waals surface area (Å²) in [7, 11) is 0. The highest BCUT2D eigenvalue weighted by atomic mass is 16.6. The van der Waals surface area contributed by atoms with E-state index < -0.39 is 5.97 Å². The van der Waals surface area contributed by atoms with Crippen molar-refractivity contribution in [1.29, 1.82) is 0 Å². The molecule has 1 N–H and O–H groups in total. The Morgan fingerprint density at radius 2 is 2.15 bits per heavy atom. The Morgan fingerprint density at radius 1 is 1.50 bits per heavy atom. The van der Waals surface area contributed by atoms with Gasteiger partial charge in [0.05, 0.1) is 11.6 Å². The summed E-state index contributed by atoms with van der Waals surface area (Å²) in [5, 5.41) is 9.11. The van der Waals surface area contributed by atoms with Gasteiger partial charge in [-0.2, -0.15) is 0 Å². The Hall–Kier alpha value is -2.24. The second-order valence-electron chi connectivity index (χ2n) is 4.88. The Kier molecular flexibility index (Phi) is 3.83. The van der Waals surface area contributed by atoms with Crippen LogP contribution in [0.15, 0.2) is 18.7 Å². The number of carboxylic acids is 1. The van der Waals surface area contributed by atoms with Gasteiger partial charge in [0, 0.05) is 24.5 Å². The van der Waals surface area contributed by atoms with Crippen molar-refractivity contribution in [2.75, 3.05) is 19.7 Å². The zero-order valence-corrected chi connectivity index (χ0v) is 11.6. The third-order valence-electron chi connectivity index (χ3n) is 3.53. The average molecular weight is 278 g/mol. The standard InChI is InChI=1S/C14H18N2O4/c1-4-5-20-14(19)15-7-11(8-15)16-9(2)6-12(10(16)3)13(17)18/h4,6,11H,1,5,7-8H2,2-3H3,(H,17,18). The SMILES string of the molecule is C=CCOC(=O)N1CC(n2c(C)cc(C(=O)O)c2C)C1. The second-order valence-corrected chi connectivity index (χ2v) is 4.88. The fourth-order valence-electron chi connectivity index (χ4n) is 2.54. The summed E-state index contributed by atoms with van der Waals surface area (Å²) in [5.41, 5.74) is 1.93. The van der Waals surface area contributed by atoms with E-state index in [1.807, 2.05) is 11.5 Å². The van der Waals surface area contributed by atoms with E-state index in [-0.39, 0.29) is 18.7 Å². The van der Waals surface area contributed by atoms with Crippen LogP contribution >= 0.6 is 0 Å². The largest absolute Gasteiger partial charge is 0.478 e. The maximum atomic E-state index is 11.6. The average Bonchev–Trinajstić information content (AvgIpc) is 2.62. The van der Waals surface area contributed by atoms with E-state index in [2.05, 4.69) is 6.58 Å². The summed E-state index contributed by atoms with van der Waals surface area (Å²) in [6.45, 7) is 8.41. The molecule has 2 rings (SSSR count). The highest BCUT2D eigenvalue weighted by Gasteiger charge is 2.34. The number of hydrogen-bond acceptors (Lipinski definition) is 3. The highest BCUT2D eigenvalue weighted by Crippen LogP contribution is 2.28. The Morgan fingerprint density at radius 3 is 2.65 bits per heavy atom. The summed E-state index contributed by atoms with van der Waals surface area (Å²) in [6, 6.07) is 1.77. The minimum absolute atomic E-state index is 0.111. The molecule has 0 bridgehead atoms. The van der Waals surface area contributed by atoms with Crippen molar-refractivity contribution in [3.05, 3.63) is 35.7 Å². The first-order valence-electron chi connectivity index (χ1n) is 6.40. The smallest absolute Gasteiger partial charge is 0.410 e. The van der Waals surface area contributed by atoms with Crippen LogP contribution in [0.1, 0.15) is 27.8 Å². The quantitative estimate of drug-likeness (QED) is 0.855. The van der Waals surface area contributed by atoms with Crippen molar-refractivity contribution >= 4 is 12.1 Å². The fourth-order valence-corrected chi connectivity index (χ4v) is 2.54. The molecule has 1 aliphatic heterocycles. The van der Waals surface area contributed by atoms with E-state index in [4.69, 9.17) is 9.84 Å². The van der Waals surface area contributed by atoms with Gasteiger partial charge in [0.1, 0.15) is 6.61 Å². The van der Waals surface area contributed by atoms with Gasteiger partial charge in [-0.05, 0) is 19.9 Å². The molecular weight excluding hydrogens is 260 g/mol. The number of carboxylic acid groups (broad SMARTS) is 1. The zero-order valence-electron chi connectivity index (χ0n) is 11.6. The van der Waals surface area contributed by atoms with E-state index in [9.17, 15) is 9.59 Å². The predicted octanol–water partition coefficient (Wildman–Crippen LogP) is 1.98. The number of rotatable bonds is 4. The van der Waals surface area contributed by atoms with Crippen LogP contribution in [0.25, 0.3) is 0 Å². The molecule has 1 saturated heterocycles. The molecule has 1 amide bonds. The lowest BCUT2D eigenvalue weighted by atomic mass is 10.1. The molecule has 0 aromatic carbocycles. The fraction of sp³-hybridized carbons (Fsp3) is 0.429. The van der Waals surface area contributed by atoms with Crippen LogP contribution in [0.2, 0.25) is 0 Å². The first kappa shape index (κ1) is 14.2. The third kappa shape index (κ3) is 2.41. The molecule has 0 atom stereocenters. The minimum Gasteiger partial charge on any atom is -0.478 e. The molecule has 0 saturated carbocycles. The number of carbonyl (C=O) groups excluding carboxylic acids is 1. The van der Waals surface area contributed by atoms with Crippen molar-refractivity contribution in [2.24, 2.45) is 0 Å². The molecule has 1 aromatic rings. The molecule has 0 aliphatic carbocycles. The molecule has 6 nitrogen and oxygen atoms in total. The number of likely N-dealkylation sites (tertiary alicyclic amines) is 1. The van der Waals surface area contributed by atoms with E-state index in [1.165, 1.54) is 6.08 Å². The van der Waals surface area contributed by atoms with Crippen LogP contribution in [0.5, 0.6) is 0 Å². The first-order chi connectivity index (χ1) is 9.45. The van der Waals surface area contributed by atoms with Crippen molar-refractivity contribution in [2.45, 2.75) is 19.9 Å². The lowest BCUT2D eigenvalue weighted by Crippen LogP contribution is -2.51. The number of amides is 1. The lowest BCUT2D eigenvalue weighted by Gasteiger charge is -2.40. The van der Waals surface area contributed by atoms with Crippen LogP contribution in [0, 0.1) is 13.8 Å². The zero-order chi connectivity index (χ0) is 14.9. The van der Waals surface area contributed by atoms with Crippen LogP contribution in [-0.2, 0) is 4.74 Å². The van der Waals surface area contributed by atoms with E-state index in [0.717, 1.165) is 11.4 Å². The van der Waals surface area contributed by atoms with Gasteiger partial charge in [0.15, 0.2) is 0 Å². The van der Waals surface area contributed by atoms with Crippen molar-refractivity contribution in [3.63, 3.8) is 0 Å². The summed E-state index contributed by atoms with van der Waals surface area (Å²) >= 11 is 0. The van der Waals surface area contributed by atoms with Crippen molar-refractivity contribution < 1.29 is 19.4 Å². The van der Waals surface area contributed by atoms with E-state index >= 15 is 0 Å². The highest BCUT2D eigenvalue weighted by molar-refractivity contribution is 5.89. The van der Waals surface area contributed by atoms with Crippen LogP contribution in [-0.4, -0.2) is 46.3 Å². The van der Waals surface area contributed by atoms with Gasteiger partial charge in [-0.25, -0.2) is 9.59 Å². The van der Waals surface area contributed by atoms with E-state index in [1.54, 1.807) is 17.9 Å². The van der Waals surface area contributed by atoms with Gasteiger partial charge >= 0.3 is 12.1 Å². The van der Waals surface area contributed by atoms with Crippen LogP contribution < -0.4 is 0 Å².